The highest BCUT2D eigenvalue weighted by Gasteiger charge is 2.36. The zero-order valence-corrected chi connectivity index (χ0v) is 12.1. The highest BCUT2D eigenvalue weighted by atomic mass is 35.5. The van der Waals surface area contributed by atoms with Crippen molar-refractivity contribution in [2.24, 2.45) is 0 Å². The van der Waals surface area contributed by atoms with E-state index in [1.807, 2.05) is 9.80 Å². The lowest BCUT2D eigenvalue weighted by Crippen LogP contribution is -2.52. The second-order valence-corrected chi connectivity index (χ2v) is 5.72. The van der Waals surface area contributed by atoms with Gasteiger partial charge < -0.3 is 15.1 Å². The lowest BCUT2D eigenvalue weighted by Gasteiger charge is -2.37. The molecule has 1 atom stereocenters. The van der Waals surface area contributed by atoms with E-state index >= 15 is 0 Å². The minimum atomic E-state index is -0.00200. The number of carbonyl (C=O) groups is 1. The number of carbonyl (C=O) groups excluding carboxylic acids is 1. The van der Waals surface area contributed by atoms with Crippen LogP contribution in [0.25, 0.3) is 0 Å². The minimum Gasteiger partial charge on any atom is -0.351 e. The Kier molecular flexibility index (Phi) is 3.37. The quantitative estimate of drug-likeness (QED) is 0.807. The molecule has 0 spiro atoms. The Balaban J connectivity index is 1.84. The predicted molar refractivity (Wildman–Crippen MR) is 75.4 cm³/mol. The molecule has 2 fully saturated rings. The van der Waals surface area contributed by atoms with E-state index in [1.165, 1.54) is 0 Å². The van der Waals surface area contributed by atoms with Crippen molar-refractivity contribution in [3.8, 4) is 0 Å². The van der Waals surface area contributed by atoms with Crippen molar-refractivity contribution in [2.75, 3.05) is 31.1 Å². The van der Waals surface area contributed by atoms with Crippen LogP contribution in [0.15, 0.2) is 6.07 Å². The monoisotopic (exact) mass is 320 g/mol. The first-order chi connectivity index (χ1) is 9.06. The molecule has 2 amide bonds. The van der Waals surface area contributed by atoms with Gasteiger partial charge in [0.1, 0.15) is 11.0 Å². The third-order valence-electron chi connectivity index (χ3n) is 3.40. The Morgan fingerprint density at radius 3 is 2.84 bits per heavy atom. The van der Waals surface area contributed by atoms with Crippen LogP contribution >= 0.6 is 34.8 Å². The zero-order valence-electron chi connectivity index (χ0n) is 9.87. The third-order valence-corrected chi connectivity index (χ3v) is 4.35. The van der Waals surface area contributed by atoms with Crippen molar-refractivity contribution in [3.63, 3.8) is 0 Å². The van der Waals surface area contributed by atoms with Gasteiger partial charge in [0.15, 0.2) is 0 Å². The second-order valence-electron chi connectivity index (χ2n) is 4.55. The number of fused-ring (bicyclic) bond motifs is 1. The average Bonchev–Trinajstić information content (AvgIpc) is 2.75. The summed E-state index contributed by atoms with van der Waals surface area (Å²) in [5.41, 5.74) is 0. The molecule has 2 saturated heterocycles. The average molecular weight is 322 g/mol. The Morgan fingerprint density at radius 2 is 2.05 bits per heavy atom. The van der Waals surface area contributed by atoms with Gasteiger partial charge in [0, 0.05) is 26.2 Å². The van der Waals surface area contributed by atoms with Crippen molar-refractivity contribution in [1.82, 2.24) is 15.2 Å². The van der Waals surface area contributed by atoms with Crippen LogP contribution in [0.5, 0.6) is 0 Å². The van der Waals surface area contributed by atoms with E-state index in [1.54, 1.807) is 6.07 Å². The molecule has 0 saturated carbocycles. The molecule has 0 aromatic carbocycles. The third kappa shape index (κ3) is 2.30. The van der Waals surface area contributed by atoms with Gasteiger partial charge in [-0.2, -0.15) is 0 Å². The van der Waals surface area contributed by atoms with E-state index in [-0.39, 0.29) is 17.2 Å². The zero-order chi connectivity index (χ0) is 13.6. The number of halogens is 3. The number of pyridine rings is 1. The van der Waals surface area contributed by atoms with Gasteiger partial charge in [-0.3, -0.25) is 0 Å². The predicted octanol–water partition coefficient (Wildman–Crippen LogP) is 2.26. The number of aromatic nitrogens is 1. The molecule has 2 aliphatic rings. The first-order valence-corrected chi connectivity index (χ1v) is 7.00. The number of nitrogens with one attached hydrogen (secondary N) is 1. The highest BCUT2D eigenvalue weighted by molar-refractivity contribution is 6.42. The molecule has 1 unspecified atom stereocenters. The van der Waals surface area contributed by atoms with E-state index in [9.17, 15) is 4.79 Å². The summed E-state index contributed by atoms with van der Waals surface area (Å²) in [6, 6.07) is 1.74. The Labute approximate surface area is 125 Å². The lowest BCUT2D eigenvalue weighted by molar-refractivity contribution is 0.197. The molecular formula is C11H11Cl3N4O. The number of piperazine rings is 1. The van der Waals surface area contributed by atoms with Gasteiger partial charge in [0.25, 0.3) is 0 Å². The number of hydrogen-bond donors (Lipinski definition) is 1. The molecule has 102 valence electrons. The lowest BCUT2D eigenvalue weighted by atomic mass is 10.2. The van der Waals surface area contributed by atoms with Gasteiger partial charge in [-0.25, -0.2) is 9.78 Å². The van der Waals surface area contributed by atoms with Crippen molar-refractivity contribution >= 4 is 46.7 Å². The summed E-state index contributed by atoms with van der Waals surface area (Å²) in [7, 11) is 0. The summed E-state index contributed by atoms with van der Waals surface area (Å²) in [5, 5.41) is 3.88. The largest absolute Gasteiger partial charge is 0.351 e. The molecule has 0 bridgehead atoms. The Morgan fingerprint density at radius 1 is 1.26 bits per heavy atom. The van der Waals surface area contributed by atoms with E-state index in [0.29, 0.717) is 42.0 Å². The van der Waals surface area contributed by atoms with Crippen molar-refractivity contribution < 1.29 is 4.79 Å². The van der Waals surface area contributed by atoms with E-state index in [2.05, 4.69) is 10.3 Å². The van der Waals surface area contributed by atoms with Crippen LogP contribution in [0.2, 0.25) is 15.2 Å². The molecule has 3 heterocycles. The summed E-state index contributed by atoms with van der Waals surface area (Å²) in [6.45, 7) is 2.65. The standard InChI is InChI=1S/C11H11Cl3N4O/c12-7-3-8(13)10(16-9(7)14)17-1-2-18-6(5-17)4-15-11(18)19/h3,6H,1-2,4-5H2,(H,15,19). The molecule has 1 N–H and O–H groups in total. The topological polar surface area (TPSA) is 48.5 Å². The first kappa shape index (κ1) is 13.1. The van der Waals surface area contributed by atoms with Crippen LogP contribution in [0, 0.1) is 0 Å². The number of nitrogens with zero attached hydrogens (tertiary/aromatic N) is 3. The molecule has 8 heteroatoms. The number of rotatable bonds is 1. The van der Waals surface area contributed by atoms with E-state index in [0.717, 1.165) is 0 Å². The second kappa shape index (κ2) is 4.89. The molecule has 1 aromatic heterocycles. The van der Waals surface area contributed by atoms with Gasteiger partial charge in [0.2, 0.25) is 0 Å². The Hall–Kier alpha value is -0.910. The van der Waals surface area contributed by atoms with E-state index < -0.39 is 0 Å². The summed E-state index contributed by atoms with van der Waals surface area (Å²) in [5.74, 6) is 0.620. The highest BCUT2D eigenvalue weighted by Crippen LogP contribution is 2.32. The molecular weight excluding hydrogens is 311 g/mol. The first-order valence-electron chi connectivity index (χ1n) is 5.87. The molecule has 2 aliphatic heterocycles. The van der Waals surface area contributed by atoms with Crippen LogP contribution in [0.4, 0.5) is 10.6 Å². The number of hydrogen-bond acceptors (Lipinski definition) is 3. The van der Waals surface area contributed by atoms with Crippen molar-refractivity contribution in [2.45, 2.75) is 6.04 Å². The van der Waals surface area contributed by atoms with Gasteiger partial charge in [-0.05, 0) is 6.07 Å². The molecule has 1 aromatic rings. The van der Waals surface area contributed by atoms with Gasteiger partial charge in [0.05, 0.1) is 16.1 Å². The number of anilines is 1. The van der Waals surface area contributed by atoms with Crippen molar-refractivity contribution in [1.29, 1.82) is 0 Å². The fourth-order valence-corrected chi connectivity index (χ4v) is 3.07. The summed E-state index contributed by atoms with van der Waals surface area (Å²) in [6.07, 6.45) is 0. The number of urea groups is 1. The maximum atomic E-state index is 11.5. The number of amides is 2. The Bertz CT molecular complexity index is 539. The molecule has 3 rings (SSSR count). The molecule has 19 heavy (non-hydrogen) atoms. The SMILES string of the molecule is O=C1NCC2CN(c3nc(Cl)c(Cl)cc3Cl)CCN12. The molecule has 0 aliphatic carbocycles. The molecule has 5 nitrogen and oxygen atoms in total. The van der Waals surface area contributed by atoms with Crippen LogP contribution in [0.1, 0.15) is 0 Å². The summed E-state index contributed by atoms with van der Waals surface area (Å²) in [4.78, 5) is 19.6. The maximum Gasteiger partial charge on any atom is 0.317 e. The fraction of sp³-hybridized carbons (Fsp3) is 0.455. The van der Waals surface area contributed by atoms with Gasteiger partial charge >= 0.3 is 6.03 Å². The van der Waals surface area contributed by atoms with E-state index in [4.69, 9.17) is 34.8 Å². The van der Waals surface area contributed by atoms with Crippen molar-refractivity contribution in [3.05, 3.63) is 21.3 Å². The normalized spacial score (nSPS) is 22.5. The minimum absolute atomic E-state index is 0.00200. The van der Waals surface area contributed by atoms with Gasteiger partial charge in [-0.15, -0.1) is 0 Å². The fourth-order valence-electron chi connectivity index (χ4n) is 2.45. The summed E-state index contributed by atoms with van der Waals surface area (Å²) >= 11 is 18.0. The van der Waals surface area contributed by atoms with Crippen LogP contribution < -0.4 is 10.2 Å². The van der Waals surface area contributed by atoms with Gasteiger partial charge in [-0.1, -0.05) is 34.8 Å². The molecule has 0 radical (unpaired) electrons. The smallest absolute Gasteiger partial charge is 0.317 e. The van der Waals surface area contributed by atoms with Crippen LogP contribution in [0.3, 0.4) is 0 Å². The van der Waals surface area contributed by atoms with Crippen LogP contribution in [-0.4, -0.2) is 48.1 Å². The van der Waals surface area contributed by atoms with Crippen LogP contribution in [-0.2, 0) is 0 Å². The summed E-state index contributed by atoms with van der Waals surface area (Å²) < 4.78 is 0. The maximum absolute atomic E-state index is 11.5.